The Morgan fingerprint density at radius 3 is 2.23 bits per heavy atom. The molecule has 0 saturated carbocycles. The number of hydrazine groups is 1. The first kappa shape index (κ1) is 34.5. The fourth-order valence-electron chi connectivity index (χ4n) is 6.24. The number of nitrogens with one attached hydrogen (secondary N) is 2. The van der Waals surface area contributed by atoms with Crippen molar-refractivity contribution in [3.05, 3.63) is 107 Å². The summed E-state index contributed by atoms with van der Waals surface area (Å²) in [6.45, 7) is 1.13. The minimum Gasteiger partial charge on any atom is -0.445 e. The number of hydrogen-bond donors (Lipinski definition) is 3. The predicted octanol–water partition coefficient (Wildman–Crippen LogP) is 3.55. The Morgan fingerprint density at radius 1 is 0.854 bits per heavy atom. The summed E-state index contributed by atoms with van der Waals surface area (Å²) in [7, 11) is 0. The van der Waals surface area contributed by atoms with Crippen LogP contribution >= 0.6 is 0 Å². The van der Waals surface area contributed by atoms with Crippen LogP contribution in [0.15, 0.2) is 84.9 Å². The summed E-state index contributed by atoms with van der Waals surface area (Å²) >= 11 is 0. The molecule has 0 spiro atoms. The van der Waals surface area contributed by atoms with E-state index in [4.69, 9.17) is 10.5 Å². The largest absolute Gasteiger partial charge is 0.445 e. The molecule has 254 valence electrons. The van der Waals surface area contributed by atoms with E-state index >= 15 is 0 Å². The molecule has 4 N–H and O–H groups in total. The molecule has 2 aliphatic heterocycles. The predicted molar refractivity (Wildman–Crippen MR) is 177 cm³/mol. The number of carbonyl (C=O) groups is 4. The minimum atomic E-state index is -0.684. The van der Waals surface area contributed by atoms with Crippen LogP contribution in [0.2, 0.25) is 0 Å². The maximum absolute atomic E-state index is 13.8. The number of alkyl carbamates (subject to hydrolysis) is 1. The highest BCUT2D eigenvalue weighted by Gasteiger charge is 2.46. The molecule has 4 amide bonds. The smallest absolute Gasteiger partial charge is 0.408 e. The van der Waals surface area contributed by atoms with Gasteiger partial charge in [-0.3, -0.25) is 24.7 Å². The van der Waals surface area contributed by atoms with Crippen LogP contribution in [0.3, 0.4) is 0 Å². The quantitative estimate of drug-likeness (QED) is 0.213. The Morgan fingerprint density at radius 2 is 1.54 bits per heavy atom. The maximum Gasteiger partial charge on any atom is 0.408 e. The standard InChI is InChI=1S/C36H43FN6O5/c37-29-17-15-27(16-18-29)21-41-22-31(30(34(41)45)14-8-3-9-19-38)33(44)40-43-25-42(32(35(43)46)20-26-10-4-1-5-11-26)24-39-36(47)48-23-28-12-6-2-7-13-28/h1-2,4-7,10-13,15-18,30-32H,3,8-9,14,19-25,38H2,(H,39,47)(H,40,44)/t30?,31?,32-/m1/s1. The molecule has 3 aromatic rings. The Balaban J connectivity index is 1.25. The van der Waals surface area contributed by atoms with E-state index in [2.05, 4.69) is 10.7 Å². The second-order valence-electron chi connectivity index (χ2n) is 12.3. The van der Waals surface area contributed by atoms with Crippen molar-refractivity contribution in [1.82, 2.24) is 25.6 Å². The van der Waals surface area contributed by atoms with Gasteiger partial charge in [0.05, 0.1) is 31.2 Å². The van der Waals surface area contributed by atoms with Crippen molar-refractivity contribution >= 4 is 23.8 Å². The number of unbranched alkanes of at least 4 members (excludes halogenated alkanes) is 2. The summed E-state index contributed by atoms with van der Waals surface area (Å²) in [6.07, 6.45) is 2.66. The number of nitrogens with two attached hydrogens (primary N) is 1. The molecule has 0 aliphatic carbocycles. The van der Waals surface area contributed by atoms with E-state index < -0.39 is 29.9 Å². The summed E-state index contributed by atoms with van der Waals surface area (Å²) in [5.74, 6) is -2.48. The van der Waals surface area contributed by atoms with Crippen LogP contribution in [0.5, 0.6) is 0 Å². The van der Waals surface area contributed by atoms with E-state index in [0.717, 1.165) is 36.0 Å². The van der Waals surface area contributed by atoms with Crippen molar-refractivity contribution in [1.29, 1.82) is 0 Å². The zero-order valence-corrected chi connectivity index (χ0v) is 26.9. The highest BCUT2D eigenvalue weighted by Crippen LogP contribution is 2.31. The lowest BCUT2D eigenvalue weighted by molar-refractivity contribution is -0.141. The molecule has 2 saturated heterocycles. The van der Waals surface area contributed by atoms with Crippen LogP contribution in [0.4, 0.5) is 9.18 Å². The van der Waals surface area contributed by atoms with Crippen molar-refractivity contribution in [2.45, 2.75) is 51.3 Å². The number of likely N-dealkylation sites (tertiary alicyclic amines) is 1. The van der Waals surface area contributed by atoms with Crippen LogP contribution in [-0.4, -0.2) is 71.1 Å². The van der Waals surface area contributed by atoms with E-state index in [-0.39, 0.29) is 50.7 Å². The molecule has 0 bridgehead atoms. The van der Waals surface area contributed by atoms with E-state index in [1.807, 2.05) is 60.7 Å². The van der Waals surface area contributed by atoms with E-state index in [0.29, 0.717) is 19.4 Å². The van der Waals surface area contributed by atoms with Crippen LogP contribution in [0.1, 0.15) is 42.4 Å². The Kier molecular flexibility index (Phi) is 12.1. The summed E-state index contributed by atoms with van der Waals surface area (Å²) < 4.78 is 18.8. The maximum atomic E-state index is 13.8. The summed E-state index contributed by atoms with van der Waals surface area (Å²) in [5, 5.41) is 4.00. The lowest BCUT2D eigenvalue weighted by Crippen LogP contribution is -2.48. The molecule has 0 radical (unpaired) electrons. The summed E-state index contributed by atoms with van der Waals surface area (Å²) in [6, 6.07) is 24.1. The van der Waals surface area contributed by atoms with Gasteiger partial charge in [0, 0.05) is 13.1 Å². The van der Waals surface area contributed by atoms with Gasteiger partial charge < -0.3 is 20.7 Å². The lowest BCUT2D eigenvalue weighted by Gasteiger charge is -2.23. The molecular weight excluding hydrogens is 615 g/mol. The highest BCUT2D eigenvalue weighted by atomic mass is 19.1. The van der Waals surface area contributed by atoms with Crippen LogP contribution in [0, 0.1) is 17.7 Å². The first-order chi connectivity index (χ1) is 23.3. The highest BCUT2D eigenvalue weighted by molar-refractivity contribution is 5.93. The van der Waals surface area contributed by atoms with Gasteiger partial charge in [-0.05, 0) is 54.6 Å². The van der Waals surface area contributed by atoms with Gasteiger partial charge in [-0.25, -0.2) is 14.2 Å². The van der Waals surface area contributed by atoms with Gasteiger partial charge in [-0.15, -0.1) is 0 Å². The van der Waals surface area contributed by atoms with Crippen LogP contribution in [0.25, 0.3) is 0 Å². The minimum absolute atomic E-state index is 0.0142. The average molecular weight is 659 g/mol. The number of ether oxygens (including phenoxy) is 1. The topological polar surface area (TPSA) is 137 Å². The van der Waals surface area contributed by atoms with E-state index in [1.165, 1.54) is 17.1 Å². The Labute approximate surface area is 280 Å². The molecule has 12 heteroatoms. The number of benzene rings is 3. The molecular formula is C36H43FN6O5. The number of hydrogen-bond acceptors (Lipinski definition) is 7. The van der Waals surface area contributed by atoms with Crippen molar-refractivity contribution < 1.29 is 28.3 Å². The number of carbonyl (C=O) groups excluding carboxylic acids is 4. The Hall–Kier alpha value is -4.81. The number of rotatable bonds is 15. The Bertz CT molecular complexity index is 1530. The molecule has 2 unspecified atom stereocenters. The third-order valence-corrected chi connectivity index (χ3v) is 8.85. The second kappa shape index (κ2) is 16.8. The molecule has 48 heavy (non-hydrogen) atoms. The fourth-order valence-corrected chi connectivity index (χ4v) is 6.24. The molecule has 3 aromatic carbocycles. The van der Waals surface area contributed by atoms with Crippen molar-refractivity contribution in [2.24, 2.45) is 17.6 Å². The van der Waals surface area contributed by atoms with Crippen molar-refractivity contribution in [3.63, 3.8) is 0 Å². The van der Waals surface area contributed by atoms with Crippen molar-refractivity contribution in [2.75, 3.05) is 26.4 Å². The van der Waals surface area contributed by atoms with Gasteiger partial charge in [0.2, 0.25) is 11.8 Å². The summed E-state index contributed by atoms with van der Waals surface area (Å²) in [4.78, 5) is 57.1. The zero-order chi connectivity index (χ0) is 33.9. The van der Waals surface area contributed by atoms with Crippen LogP contribution in [-0.2, 0) is 38.7 Å². The van der Waals surface area contributed by atoms with E-state index in [1.54, 1.807) is 21.9 Å². The number of halogens is 1. The van der Waals surface area contributed by atoms with Gasteiger partial charge in [-0.2, -0.15) is 0 Å². The fraction of sp³-hybridized carbons (Fsp3) is 0.389. The molecule has 0 aromatic heterocycles. The monoisotopic (exact) mass is 658 g/mol. The zero-order valence-electron chi connectivity index (χ0n) is 26.9. The summed E-state index contributed by atoms with van der Waals surface area (Å²) in [5.41, 5.74) is 11.0. The first-order valence-electron chi connectivity index (χ1n) is 16.4. The van der Waals surface area contributed by atoms with E-state index in [9.17, 15) is 23.6 Å². The van der Waals surface area contributed by atoms with Crippen molar-refractivity contribution in [3.8, 4) is 0 Å². The van der Waals surface area contributed by atoms with Gasteiger partial charge in [0.15, 0.2) is 0 Å². The number of nitrogens with zero attached hydrogens (tertiary/aromatic N) is 3. The normalized spacial score (nSPS) is 19.5. The SMILES string of the molecule is NCCCCCC1C(=O)N(Cc2ccc(F)cc2)CC1C(=O)NN1CN(CNC(=O)OCc2ccccc2)[C@H](Cc2ccccc2)C1=O. The average Bonchev–Trinajstić information content (AvgIpc) is 3.57. The van der Waals surface area contributed by atoms with Crippen LogP contribution < -0.4 is 16.5 Å². The molecule has 2 fully saturated rings. The third-order valence-electron chi connectivity index (χ3n) is 8.85. The second-order valence-corrected chi connectivity index (χ2v) is 12.3. The third kappa shape index (κ3) is 9.17. The molecule has 2 heterocycles. The van der Waals surface area contributed by atoms with Gasteiger partial charge in [0.25, 0.3) is 5.91 Å². The molecule has 3 atom stereocenters. The molecule has 11 nitrogen and oxygen atoms in total. The molecule has 5 rings (SSSR count). The number of amides is 4. The van der Waals surface area contributed by atoms with Gasteiger partial charge in [-0.1, -0.05) is 85.6 Å². The molecule has 2 aliphatic rings. The lowest BCUT2D eigenvalue weighted by atomic mass is 9.89. The first-order valence-corrected chi connectivity index (χ1v) is 16.4. The van der Waals surface area contributed by atoms with Gasteiger partial charge in [0.1, 0.15) is 12.4 Å². The van der Waals surface area contributed by atoms with Gasteiger partial charge >= 0.3 is 6.09 Å².